The van der Waals surface area contributed by atoms with Crippen molar-refractivity contribution in [2.24, 2.45) is 0 Å². The Morgan fingerprint density at radius 1 is 1.24 bits per heavy atom. The molecule has 0 amide bonds. The zero-order chi connectivity index (χ0) is 18.8. The van der Waals surface area contributed by atoms with Crippen LogP contribution in [0.4, 0.5) is 13.2 Å². The third-order valence-electron chi connectivity index (χ3n) is 3.29. The maximum atomic E-state index is 12.7. The molecule has 1 aromatic carbocycles. The lowest BCUT2D eigenvalue weighted by Gasteiger charge is -2.16. The second-order valence-electron chi connectivity index (χ2n) is 4.86. The monoisotopic (exact) mass is 408 g/mol. The molecule has 0 bridgehead atoms. The lowest BCUT2D eigenvalue weighted by molar-refractivity contribution is -0.137. The van der Waals surface area contributed by atoms with E-state index in [4.69, 9.17) is 39.5 Å². The second-order valence-corrected chi connectivity index (χ2v) is 6.03. The Balaban J connectivity index is 2.52. The molecule has 0 aliphatic carbocycles. The fraction of sp³-hybridized carbons (Fsp3) is 0.250. The quantitative estimate of drug-likeness (QED) is 0.611. The van der Waals surface area contributed by atoms with Crippen molar-refractivity contribution in [3.05, 3.63) is 56.3 Å². The van der Waals surface area contributed by atoms with Gasteiger partial charge >= 0.3 is 6.18 Å². The van der Waals surface area contributed by atoms with Gasteiger partial charge in [0.25, 0.3) is 0 Å². The van der Waals surface area contributed by atoms with Gasteiger partial charge in [-0.3, -0.25) is 4.98 Å². The molecule has 2 aromatic rings. The molecule has 25 heavy (non-hydrogen) atoms. The fourth-order valence-corrected chi connectivity index (χ4v) is 2.90. The molecular formula is C16H10Cl3F3N2O. The van der Waals surface area contributed by atoms with E-state index >= 15 is 0 Å². The number of alkyl halides is 3. The molecular weight excluding hydrogens is 400 g/mol. The van der Waals surface area contributed by atoms with Crippen molar-refractivity contribution in [2.75, 3.05) is 6.61 Å². The Morgan fingerprint density at radius 3 is 2.44 bits per heavy atom. The van der Waals surface area contributed by atoms with E-state index in [2.05, 4.69) is 4.98 Å². The van der Waals surface area contributed by atoms with Gasteiger partial charge in [-0.15, -0.1) is 0 Å². The highest BCUT2D eigenvalue weighted by atomic mass is 35.5. The van der Waals surface area contributed by atoms with E-state index in [1.165, 1.54) is 12.1 Å². The molecule has 3 nitrogen and oxygen atoms in total. The number of benzene rings is 1. The highest BCUT2D eigenvalue weighted by molar-refractivity contribution is 6.43. The van der Waals surface area contributed by atoms with Crippen molar-refractivity contribution in [2.45, 2.75) is 19.0 Å². The molecule has 0 spiro atoms. The minimum absolute atomic E-state index is 0.0423. The first-order chi connectivity index (χ1) is 11.7. The van der Waals surface area contributed by atoms with E-state index in [1.807, 2.05) is 6.07 Å². The number of pyridine rings is 1. The van der Waals surface area contributed by atoms with Crippen LogP contribution < -0.4 is 4.74 Å². The average molecular weight is 410 g/mol. The largest absolute Gasteiger partial charge is 0.492 e. The number of nitriles is 1. The van der Waals surface area contributed by atoms with E-state index in [0.29, 0.717) is 18.6 Å². The predicted molar refractivity (Wildman–Crippen MR) is 89.3 cm³/mol. The summed E-state index contributed by atoms with van der Waals surface area (Å²) in [5, 5.41) is 9.34. The van der Waals surface area contributed by atoms with Gasteiger partial charge < -0.3 is 4.74 Å². The Bertz CT molecular complexity index is 835. The lowest BCUT2D eigenvalue weighted by atomic mass is 9.96. The number of aromatic nitrogens is 1. The van der Waals surface area contributed by atoms with Crippen LogP contribution in [-0.4, -0.2) is 11.6 Å². The number of rotatable bonds is 4. The van der Waals surface area contributed by atoms with E-state index in [9.17, 15) is 18.4 Å². The molecule has 1 atom stereocenters. The third kappa shape index (κ3) is 4.12. The van der Waals surface area contributed by atoms with Crippen LogP contribution in [0.1, 0.15) is 29.7 Å². The molecule has 0 saturated heterocycles. The normalized spacial score (nSPS) is 12.6. The number of nitrogens with zero attached hydrogens (tertiary/aromatic N) is 2. The Kier molecular flexibility index (Phi) is 6.04. The number of hydrogen-bond donors (Lipinski definition) is 0. The van der Waals surface area contributed by atoms with E-state index < -0.39 is 17.7 Å². The molecule has 0 radical (unpaired) electrons. The van der Waals surface area contributed by atoms with Crippen LogP contribution in [0.15, 0.2) is 24.4 Å². The summed E-state index contributed by atoms with van der Waals surface area (Å²) in [6.07, 6.45) is -3.97. The SMILES string of the molecule is CCOc1ccc(C(C#N)c2ncc(C(F)(F)F)cc2Cl)c(Cl)c1Cl. The molecule has 132 valence electrons. The first kappa shape index (κ1) is 19.6. The molecule has 1 unspecified atom stereocenters. The van der Waals surface area contributed by atoms with Gasteiger partial charge in [0, 0.05) is 6.20 Å². The summed E-state index contributed by atoms with van der Waals surface area (Å²) in [6, 6.07) is 5.69. The summed E-state index contributed by atoms with van der Waals surface area (Å²) in [4.78, 5) is 3.71. The maximum absolute atomic E-state index is 12.7. The standard InChI is InChI=1S/C16H10Cl3F3N2O/c1-2-25-12-4-3-9(13(18)14(12)19)10(6-23)15-11(17)5-8(7-24-15)16(20,21)22/h3-5,7,10H,2H2,1H3. The van der Waals surface area contributed by atoms with Crippen molar-refractivity contribution in [3.8, 4) is 11.8 Å². The van der Waals surface area contributed by atoms with Crippen molar-refractivity contribution in [1.29, 1.82) is 5.26 Å². The summed E-state index contributed by atoms with van der Waals surface area (Å²) in [7, 11) is 0. The van der Waals surface area contributed by atoms with E-state index in [1.54, 1.807) is 6.92 Å². The van der Waals surface area contributed by atoms with Crippen LogP contribution in [0, 0.1) is 11.3 Å². The summed E-state index contributed by atoms with van der Waals surface area (Å²) in [5.74, 6) is -0.753. The molecule has 0 aliphatic rings. The van der Waals surface area contributed by atoms with Gasteiger partial charge in [-0.25, -0.2) is 0 Å². The van der Waals surface area contributed by atoms with Crippen LogP contribution in [0.3, 0.4) is 0 Å². The first-order valence-electron chi connectivity index (χ1n) is 6.93. The smallest absolute Gasteiger partial charge is 0.417 e. The lowest BCUT2D eigenvalue weighted by Crippen LogP contribution is -2.09. The van der Waals surface area contributed by atoms with Gasteiger partial charge in [-0.1, -0.05) is 40.9 Å². The number of hydrogen-bond acceptors (Lipinski definition) is 3. The van der Waals surface area contributed by atoms with Crippen molar-refractivity contribution in [1.82, 2.24) is 4.98 Å². The highest BCUT2D eigenvalue weighted by Crippen LogP contribution is 2.41. The summed E-state index contributed by atoms with van der Waals surface area (Å²) < 4.78 is 43.5. The average Bonchev–Trinajstić information content (AvgIpc) is 2.55. The Labute approximate surface area is 156 Å². The topological polar surface area (TPSA) is 45.9 Å². The van der Waals surface area contributed by atoms with E-state index in [-0.39, 0.29) is 26.3 Å². The van der Waals surface area contributed by atoms with Gasteiger partial charge in [0.15, 0.2) is 0 Å². The summed E-state index contributed by atoms with van der Waals surface area (Å²) in [5.41, 5.74) is -0.778. The number of halogens is 6. The zero-order valence-electron chi connectivity index (χ0n) is 12.7. The first-order valence-corrected chi connectivity index (χ1v) is 8.07. The number of ether oxygens (including phenoxy) is 1. The molecule has 0 N–H and O–H groups in total. The molecule has 9 heteroatoms. The van der Waals surface area contributed by atoms with E-state index in [0.717, 1.165) is 6.07 Å². The van der Waals surface area contributed by atoms with Crippen LogP contribution in [0.2, 0.25) is 15.1 Å². The van der Waals surface area contributed by atoms with Crippen LogP contribution >= 0.6 is 34.8 Å². The van der Waals surface area contributed by atoms with Gasteiger partial charge in [0.1, 0.15) is 16.7 Å². The van der Waals surface area contributed by atoms with Gasteiger partial charge in [0.05, 0.1) is 34.0 Å². The maximum Gasteiger partial charge on any atom is 0.417 e. The van der Waals surface area contributed by atoms with Crippen LogP contribution in [0.5, 0.6) is 5.75 Å². The van der Waals surface area contributed by atoms with Gasteiger partial charge in [-0.05, 0) is 24.6 Å². The minimum atomic E-state index is -4.59. The fourth-order valence-electron chi connectivity index (χ4n) is 2.13. The summed E-state index contributed by atoms with van der Waals surface area (Å²) >= 11 is 18.2. The van der Waals surface area contributed by atoms with Crippen LogP contribution in [-0.2, 0) is 6.18 Å². The molecule has 0 fully saturated rings. The van der Waals surface area contributed by atoms with Crippen molar-refractivity contribution in [3.63, 3.8) is 0 Å². The van der Waals surface area contributed by atoms with Crippen LogP contribution in [0.25, 0.3) is 0 Å². The zero-order valence-corrected chi connectivity index (χ0v) is 14.9. The second kappa shape index (κ2) is 7.69. The minimum Gasteiger partial charge on any atom is -0.492 e. The van der Waals surface area contributed by atoms with Crippen molar-refractivity contribution < 1.29 is 17.9 Å². The predicted octanol–water partition coefficient (Wildman–Crippen LogP) is 6.11. The molecule has 1 heterocycles. The molecule has 2 rings (SSSR count). The Hall–Kier alpha value is -1.68. The molecule has 0 saturated carbocycles. The van der Waals surface area contributed by atoms with Crippen molar-refractivity contribution >= 4 is 34.8 Å². The van der Waals surface area contributed by atoms with Gasteiger partial charge in [-0.2, -0.15) is 18.4 Å². The molecule has 1 aromatic heterocycles. The molecule has 0 aliphatic heterocycles. The summed E-state index contributed by atoms with van der Waals surface area (Å²) in [6.45, 7) is 2.13. The Morgan fingerprint density at radius 2 is 1.92 bits per heavy atom. The van der Waals surface area contributed by atoms with Gasteiger partial charge in [0.2, 0.25) is 0 Å². The third-order valence-corrected chi connectivity index (χ3v) is 4.47. The highest BCUT2D eigenvalue weighted by Gasteiger charge is 2.33.